The zero-order valence-corrected chi connectivity index (χ0v) is 19.7. The van der Waals surface area contributed by atoms with E-state index in [9.17, 15) is 22.4 Å². The van der Waals surface area contributed by atoms with Gasteiger partial charge in [-0.1, -0.05) is 28.4 Å². The molecule has 1 amide bonds. The van der Waals surface area contributed by atoms with Crippen molar-refractivity contribution < 1.29 is 31.9 Å². The molecule has 12 heteroatoms. The highest BCUT2D eigenvalue weighted by atomic mass is 35.5. The summed E-state index contributed by atoms with van der Waals surface area (Å²) in [6.07, 6.45) is -3.65. The molecule has 4 aliphatic rings. The van der Waals surface area contributed by atoms with Crippen LogP contribution in [0.5, 0.6) is 0 Å². The van der Waals surface area contributed by atoms with Gasteiger partial charge < -0.3 is 14.5 Å². The molecule has 0 bridgehead atoms. The molecule has 1 unspecified atom stereocenters. The Morgan fingerprint density at radius 2 is 1.85 bits per heavy atom. The van der Waals surface area contributed by atoms with E-state index in [0.29, 0.717) is 24.6 Å². The van der Waals surface area contributed by atoms with Crippen molar-refractivity contribution in [3.05, 3.63) is 54.9 Å². The monoisotopic (exact) mass is 534 g/mol. The summed E-state index contributed by atoms with van der Waals surface area (Å²) in [5, 5.41) is 2.72. The van der Waals surface area contributed by atoms with Crippen molar-refractivity contribution in [2.75, 3.05) is 13.1 Å². The highest BCUT2D eigenvalue weighted by molar-refractivity contribution is 7.14. The minimum Gasteiger partial charge on any atom is -0.374 e. The second-order valence-corrected chi connectivity index (χ2v) is 11.0. The molecule has 0 radical (unpaired) electrons. The molecular weight excluding hydrogens is 519 g/mol. The second-order valence-electron chi connectivity index (χ2n) is 9.10. The van der Waals surface area contributed by atoms with Crippen LogP contribution in [0.25, 0.3) is 0 Å². The maximum absolute atomic E-state index is 14.3. The summed E-state index contributed by atoms with van der Waals surface area (Å²) in [4.78, 5) is 20.6. The molecule has 1 saturated heterocycles. The Hall–Kier alpha value is -1.88. The van der Waals surface area contributed by atoms with E-state index in [1.807, 2.05) is 0 Å². The number of thiophene rings is 1. The average molecular weight is 535 g/mol. The fourth-order valence-electron chi connectivity index (χ4n) is 4.72. The van der Waals surface area contributed by atoms with Gasteiger partial charge in [0, 0.05) is 16.4 Å². The van der Waals surface area contributed by atoms with Crippen molar-refractivity contribution in [3.8, 4) is 0 Å². The zero-order chi connectivity index (χ0) is 24.0. The van der Waals surface area contributed by atoms with Gasteiger partial charge in [-0.05, 0) is 36.6 Å². The molecule has 1 atom stereocenters. The van der Waals surface area contributed by atoms with Crippen molar-refractivity contribution in [3.63, 3.8) is 0 Å². The van der Waals surface area contributed by atoms with E-state index in [4.69, 9.17) is 32.8 Å². The molecule has 2 fully saturated rings. The van der Waals surface area contributed by atoms with E-state index in [-0.39, 0.29) is 17.5 Å². The number of likely N-dealkylation sites (tertiary alicyclic amines) is 1. The van der Waals surface area contributed by atoms with Crippen LogP contribution in [0.15, 0.2) is 23.4 Å². The highest BCUT2D eigenvalue weighted by Crippen LogP contribution is 2.53. The number of rotatable bonds is 3. The molecule has 1 aliphatic carbocycles. The Morgan fingerprint density at radius 1 is 1.18 bits per heavy atom. The van der Waals surface area contributed by atoms with Gasteiger partial charge in [-0.3, -0.25) is 4.79 Å². The molecule has 34 heavy (non-hydrogen) atoms. The molecule has 180 valence electrons. The molecule has 0 N–H and O–H groups in total. The SMILES string of the molecule is O=C(C1CC1)N1CC2(C1)OCc1cc(C3=NOC(c4cc(Cl)c(F)c(Cl)c4)(C(F)(F)F)C3)sc12. The number of benzene rings is 1. The van der Waals surface area contributed by atoms with Gasteiger partial charge in [0.1, 0.15) is 11.3 Å². The van der Waals surface area contributed by atoms with Crippen molar-refractivity contribution in [2.24, 2.45) is 11.1 Å². The zero-order valence-electron chi connectivity index (χ0n) is 17.3. The van der Waals surface area contributed by atoms with Gasteiger partial charge in [0.2, 0.25) is 5.91 Å². The second kappa shape index (κ2) is 7.32. The smallest absolute Gasteiger partial charge is 0.374 e. The molecule has 3 aliphatic heterocycles. The summed E-state index contributed by atoms with van der Waals surface area (Å²) < 4.78 is 62.6. The normalized spacial score (nSPS) is 25.2. The van der Waals surface area contributed by atoms with Crippen LogP contribution in [-0.4, -0.2) is 35.8 Å². The molecule has 2 aromatic rings. The van der Waals surface area contributed by atoms with E-state index < -0.39 is 45.2 Å². The number of carbonyl (C=O) groups excluding carboxylic acids is 1. The van der Waals surface area contributed by atoms with Gasteiger partial charge in [0.25, 0.3) is 5.60 Å². The number of halogens is 6. The van der Waals surface area contributed by atoms with Gasteiger partial charge in [0.15, 0.2) is 5.82 Å². The molecule has 1 spiro atoms. The lowest BCUT2D eigenvalue weighted by Gasteiger charge is -2.47. The minimum atomic E-state index is -4.87. The van der Waals surface area contributed by atoms with E-state index in [1.54, 1.807) is 11.0 Å². The standard InChI is InChI=1S/C22H16Cl2F4N2O3S/c23-13-4-12(5-14(24)17(13)25)21(22(26,27)28)6-15(29-33-21)16-3-11-7-32-20(18(11)34-16)8-30(9-20)19(31)10-1-2-10/h3-5,10H,1-2,6-9H2. The molecular formula is C22H16Cl2F4N2O3S. The molecule has 1 saturated carbocycles. The van der Waals surface area contributed by atoms with Crippen LogP contribution in [0.2, 0.25) is 10.0 Å². The van der Waals surface area contributed by atoms with E-state index >= 15 is 0 Å². The first-order valence-electron chi connectivity index (χ1n) is 10.6. The first-order chi connectivity index (χ1) is 16.0. The lowest BCUT2D eigenvalue weighted by molar-refractivity contribution is -0.275. The number of alkyl halides is 3. The van der Waals surface area contributed by atoms with Crippen LogP contribution in [0.3, 0.4) is 0 Å². The van der Waals surface area contributed by atoms with Gasteiger partial charge in [0.05, 0.1) is 41.0 Å². The number of amides is 1. The molecule has 1 aromatic carbocycles. The highest BCUT2D eigenvalue weighted by Gasteiger charge is 2.63. The van der Waals surface area contributed by atoms with Crippen molar-refractivity contribution in [2.45, 2.75) is 43.2 Å². The number of fused-ring (bicyclic) bond motifs is 2. The minimum absolute atomic E-state index is 0.117. The number of oxime groups is 1. The summed E-state index contributed by atoms with van der Waals surface area (Å²) in [5.41, 5.74) is -2.88. The van der Waals surface area contributed by atoms with E-state index in [0.717, 1.165) is 35.4 Å². The molecule has 6 rings (SSSR count). The summed E-state index contributed by atoms with van der Waals surface area (Å²) in [7, 11) is 0. The van der Waals surface area contributed by atoms with Gasteiger partial charge in [-0.25, -0.2) is 4.39 Å². The number of hydrogen-bond donors (Lipinski definition) is 0. The van der Waals surface area contributed by atoms with Crippen LogP contribution in [0, 0.1) is 11.7 Å². The lowest BCUT2D eigenvalue weighted by Crippen LogP contribution is -2.61. The molecule has 5 nitrogen and oxygen atoms in total. The summed E-state index contributed by atoms with van der Waals surface area (Å²) >= 11 is 12.8. The predicted octanol–water partition coefficient (Wildman–Crippen LogP) is 5.75. The number of hydrogen-bond acceptors (Lipinski definition) is 5. The lowest BCUT2D eigenvalue weighted by atomic mass is 9.87. The van der Waals surface area contributed by atoms with Crippen LogP contribution >= 0.6 is 34.5 Å². The fraction of sp³-hybridized carbons (Fsp3) is 0.455. The number of nitrogens with zero attached hydrogens (tertiary/aromatic N) is 2. The third-order valence-corrected chi connectivity index (χ3v) is 8.74. The van der Waals surface area contributed by atoms with E-state index in [1.165, 1.54) is 11.3 Å². The quantitative estimate of drug-likeness (QED) is 0.372. The largest absolute Gasteiger partial charge is 0.435 e. The number of ether oxygens (including phenoxy) is 1. The third kappa shape index (κ3) is 3.22. The maximum atomic E-state index is 14.3. The van der Waals surface area contributed by atoms with Crippen molar-refractivity contribution >= 4 is 46.2 Å². The summed E-state index contributed by atoms with van der Waals surface area (Å²) in [5.74, 6) is -0.746. The topological polar surface area (TPSA) is 51.1 Å². The van der Waals surface area contributed by atoms with Crippen molar-refractivity contribution in [1.82, 2.24) is 4.90 Å². The van der Waals surface area contributed by atoms with Gasteiger partial charge in [-0.15, -0.1) is 11.3 Å². The Balaban J connectivity index is 1.28. The summed E-state index contributed by atoms with van der Waals surface area (Å²) in [6.45, 7) is 1.20. The first kappa shape index (κ1) is 22.6. The van der Waals surface area contributed by atoms with E-state index in [2.05, 4.69) is 5.16 Å². The van der Waals surface area contributed by atoms with Crippen LogP contribution in [-0.2, 0) is 32.2 Å². The molecule has 1 aromatic heterocycles. The third-order valence-electron chi connectivity index (χ3n) is 6.78. The van der Waals surface area contributed by atoms with Crippen LogP contribution < -0.4 is 0 Å². The Morgan fingerprint density at radius 3 is 2.47 bits per heavy atom. The summed E-state index contributed by atoms with van der Waals surface area (Å²) in [6, 6.07) is 3.50. The van der Waals surface area contributed by atoms with Crippen LogP contribution in [0.1, 0.15) is 40.1 Å². The maximum Gasteiger partial charge on any atom is 0.435 e. The fourth-order valence-corrected chi connectivity index (χ4v) is 6.48. The van der Waals surface area contributed by atoms with Gasteiger partial charge >= 0.3 is 6.18 Å². The Labute approximate surface area is 205 Å². The first-order valence-corrected chi connectivity index (χ1v) is 12.1. The number of carbonyl (C=O) groups is 1. The Bertz CT molecular complexity index is 1230. The molecule has 4 heterocycles. The average Bonchev–Trinajstić information content (AvgIpc) is 3.18. The Kier molecular flexibility index (Phi) is 4.86. The van der Waals surface area contributed by atoms with Crippen molar-refractivity contribution in [1.29, 1.82) is 0 Å². The van der Waals surface area contributed by atoms with Gasteiger partial charge in [-0.2, -0.15) is 13.2 Å². The van der Waals surface area contributed by atoms with Crippen LogP contribution in [0.4, 0.5) is 17.6 Å². The predicted molar refractivity (Wildman–Crippen MR) is 116 cm³/mol.